The quantitative estimate of drug-likeness (QED) is 0.663. The first kappa shape index (κ1) is 12.9. The first-order chi connectivity index (χ1) is 8.13. The molecule has 0 spiro atoms. The molecule has 0 amide bonds. The molecular weight excluding hydrogens is 275 g/mol. The minimum absolute atomic E-state index is 0.125. The lowest BCUT2D eigenvalue weighted by molar-refractivity contribution is 0.646. The minimum atomic E-state index is -0.125. The van der Waals surface area contributed by atoms with Crippen molar-refractivity contribution < 1.29 is 0 Å². The summed E-state index contributed by atoms with van der Waals surface area (Å²) in [5.41, 5.74) is 4.85. The zero-order valence-corrected chi connectivity index (χ0v) is 11.5. The lowest BCUT2D eigenvalue weighted by atomic mass is 10.1. The number of benzene rings is 1. The van der Waals surface area contributed by atoms with Crippen molar-refractivity contribution in [1.82, 2.24) is 5.43 Å². The predicted octanol–water partition coefficient (Wildman–Crippen LogP) is 3.92. The SMILES string of the molecule is Cc1csc(C(NN)c2cccc(Cl)c2)c1Cl. The van der Waals surface area contributed by atoms with Gasteiger partial charge in [-0.15, -0.1) is 11.3 Å². The zero-order valence-electron chi connectivity index (χ0n) is 9.21. The molecule has 0 radical (unpaired) electrons. The van der Waals surface area contributed by atoms with Crippen molar-refractivity contribution in [2.45, 2.75) is 13.0 Å². The number of rotatable bonds is 3. The van der Waals surface area contributed by atoms with E-state index in [2.05, 4.69) is 5.43 Å². The molecule has 0 saturated heterocycles. The summed E-state index contributed by atoms with van der Waals surface area (Å²) in [5, 5.41) is 3.47. The summed E-state index contributed by atoms with van der Waals surface area (Å²) in [6.07, 6.45) is 0. The number of hydrogen-bond acceptors (Lipinski definition) is 3. The minimum Gasteiger partial charge on any atom is -0.271 e. The summed E-state index contributed by atoms with van der Waals surface area (Å²) in [6, 6.07) is 7.47. The van der Waals surface area contributed by atoms with Gasteiger partial charge in [0.2, 0.25) is 0 Å². The van der Waals surface area contributed by atoms with Crippen LogP contribution in [0, 0.1) is 6.92 Å². The van der Waals surface area contributed by atoms with Crippen molar-refractivity contribution in [3.05, 3.63) is 55.7 Å². The Morgan fingerprint density at radius 1 is 1.35 bits per heavy atom. The summed E-state index contributed by atoms with van der Waals surface area (Å²) in [4.78, 5) is 1.01. The van der Waals surface area contributed by atoms with Gasteiger partial charge in [0.05, 0.1) is 11.1 Å². The maximum atomic E-state index is 6.25. The topological polar surface area (TPSA) is 38.0 Å². The molecule has 0 aliphatic carbocycles. The molecule has 1 heterocycles. The van der Waals surface area contributed by atoms with Crippen LogP contribution in [0.25, 0.3) is 0 Å². The van der Waals surface area contributed by atoms with E-state index in [9.17, 15) is 0 Å². The standard InChI is InChI=1S/C12H12Cl2N2S/c1-7-6-17-12(10(7)14)11(16-15)8-3-2-4-9(13)5-8/h2-6,11,16H,15H2,1H3. The number of thiophene rings is 1. The van der Waals surface area contributed by atoms with Gasteiger partial charge in [0.25, 0.3) is 0 Å². The highest BCUT2D eigenvalue weighted by Gasteiger charge is 2.18. The van der Waals surface area contributed by atoms with E-state index >= 15 is 0 Å². The smallest absolute Gasteiger partial charge is 0.0818 e. The first-order valence-corrected chi connectivity index (χ1v) is 6.72. The van der Waals surface area contributed by atoms with Crippen LogP contribution in [0.1, 0.15) is 22.0 Å². The van der Waals surface area contributed by atoms with Crippen molar-refractivity contribution in [2.75, 3.05) is 0 Å². The second-order valence-electron chi connectivity index (χ2n) is 3.75. The van der Waals surface area contributed by atoms with Crippen LogP contribution >= 0.6 is 34.5 Å². The second kappa shape index (κ2) is 5.38. The van der Waals surface area contributed by atoms with Crippen LogP contribution in [-0.2, 0) is 0 Å². The summed E-state index contributed by atoms with van der Waals surface area (Å²) in [7, 11) is 0. The highest BCUT2D eigenvalue weighted by atomic mass is 35.5. The van der Waals surface area contributed by atoms with E-state index < -0.39 is 0 Å². The van der Waals surface area contributed by atoms with Crippen molar-refractivity contribution >= 4 is 34.5 Å². The van der Waals surface area contributed by atoms with E-state index in [0.29, 0.717) is 5.02 Å². The summed E-state index contributed by atoms with van der Waals surface area (Å²) >= 11 is 13.8. The van der Waals surface area contributed by atoms with Crippen LogP contribution in [0.15, 0.2) is 29.6 Å². The molecule has 17 heavy (non-hydrogen) atoms. The Labute approximate surface area is 114 Å². The fourth-order valence-electron chi connectivity index (χ4n) is 1.65. The van der Waals surface area contributed by atoms with Crippen LogP contribution in [0.4, 0.5) is 0 Å². The highest BCUT2D eigenvalue weighted by Crippen LogP contribution is 2.35. The summed E-state index contributed by atoms with van der Waals surface area (Å²) in [5.74, 6) is 5.62. The molecule has 0 bridgehead atoms. The second-order valence-corrected chi connectivity index (χ2v) is 5.48. The van der Waals surface area contributed by atoms with Crippen LogP contribution < -0.4 is 11.3 Å². The average molecular weight is 287 g/mol. The van der Waals surface area contributed by atoms with E-state index in [-0.39, 0.29) is 6.04 Å². The molecule has 0 aliphatic rings. The zero-order chi connectivity index (χ0) is 12.4. The number of nitrogens with two attached hydrogens (primary N) is 1. The maximum Gasteiger partial charge on any atom is 0.0818 e. The van der Waals surface area contributed by atoms with Crippen molar-refractivity contribution in [3.63, 3.8) is 0 Å². The largest absolute Gasteiger partial charge is 0.271 e. The Balaban J connectivity index is 2.44. The Bertz CT molecular complexity index is 525. The van der Waals surface area contributed by atoms with Crippen LogP contribution in [0.2, 0.25) is 10.0 Å². The first-order valence-electron chi connectivity index (χ1n) is 5.08. The number of hydrogen-bond donors (Lipinski definition) is 2. The molecule has 90 valence electrons. The van der Waals surface area contributed by atoms with Gasteiger partial charge in [0, 0.05) is 9.90 Å². The average Bonchev–Trinajstić information content (AvgIpc) is 2.63. The van der Waals surface area contributed by atoms with E-state index in [0.717, 1.165) is 21.0 Å². The van der Waals surface area contributed by atoms with Crippen molar-refractivity contribution in [2.24, 2.45) is 5.84 Å². The molecule has 1 unspecified atom stereocenters. The van der Waals surface area contributed by atoms with Crippen molar-refractivity contribution in [3.8, 4) is 0 Å². The highest BCUT2D eigenvalue weighted by molar-refractivity contribution is 7.10. The Hall–Kier alpha value is -0.580. The van der Waals surface area contributed by atoms with Crippen LogP contribution in [-0.4, -0.2) is 0 Å². The Kier molecular flexibility index (Phi) is 4.07. The van der Waals surface area contributed by atoms with E-state index in [1.54, 1.807) is 11.3 Å². The van der Waals surface area contributed by atoms with Crippen molar-refractivity contribution in [1.29, 1.82) is 0 Å². The molecule has 0 fully saturated rings. The van der Waals surface area contributed by atoms with Gasteiger partial charge in [-0.2, -0.15) is 0 Å². The maximum absolute atomic E-state index is 6.25. The lowest BCUT2D eigenvalue weighted by Crippen LogP contribution is -2.28. The predicted molar refractivity (Wildman–Crippen MR) is 74.7 cm³/mol. The van der Waals surface area contributed by atoms with E-state index in [1.807, 2.05) is 36.6 Å². The third-order valence-corrected chi connectivity index (χ3v) is 4.55. The number of nitrogens with one attached hydrogen (secondary N) is 1. The fraction of sp³-hybridized carbons (Fsp3) is 0.167. The Morgan fingerprint density at radius 3 is 2.65 bits per heavy atom. The van der Waals surface area contributed by atoms with Crippen LogP contribution in [0.5, 0.6) is 0 Å². The third kappa shape index (κ3) is 2.64. The third-order valence-electron chi connectivity index (χ3n) is 2.54. The number of hydrazine groups is 1. The normalized spacial score (nSPS) is 12.7. The molecule has 1 aromatic carbocycles. The van der Waals surface area contributed by atoms with Gasteiger partial charge in [-0.25, -0.2) is 5.43 Å². The summed E-state index contributed by atoms with van der Waals surface area (Å²) < 4.78 is 0. The molecule has 2 rings (SSSR count). The fourth-order valence-corrected chi connectivity index (χ4v) is 3.24. The molecule has 0 saturated carbocycles. The van der Waals surface area contributed by atoms with Gasteiger partial charge in [-0.1, -0.05) is 35.3 Å². The van der Waals surface area contributed by atoms with Crippen LogP contribution in [0.3, 0.4) is 0 Å². The van der Waals surface area contributed by atoms with Gasteiger partial charge in [-0.3, -0.25) is 5.84 Å². The number of aryl methyl sites for hydroxylation is 1. The lowest BCUT2D eigenvalue weighted by Gasteiger charge is -2.15. The van der Waals surface area contributed by atoms with Gasteiger partial charge < -0.3 is 0 Å². The number of halogens is 2. The Morgan fingerprint density at radius 2 is 2.12 bits per heavy atom. The van der Waals surface area contributed by atoms with Gasteiger partial charge in [0.1, 0.15) is 0 Å². The molecule has 5 heteroatoms. The van der Waals surface area contributed by atoms with Gasteiger partial charge >= 0.3 is 0 Å². The molecule has 2 nitrogen and oxygen atoms in total. The van der Waals surface area contributed by atoms with E-state index in [1.165, 1.54) is 0 Å². The molecule has 1 aromatic heterocycles. The molecular formula is C12H12Cl2N2S. The monoisotopic (exact) mass is 286 g/mol. The van der Waals surface area contributed by atoms with Gasteiger partial charge in [-0.05, 0) is 35.6 Å². The van der Waals surface area contributed by atoms with E-state index in [4.69, 9.17) is 29.0 Å². The summed E-state index contributed by atoms with van der Waals surface area (Å²) in [6.45, 7) is 1.98. The molecule has 2 aromatic rings. The molecule has 1 atom stereocenters. The van der Waals surface area contributed by atoms with Gasteiger partial charge in [0.15, 0.2) is 0 Å². The molecule has 0 aliphatic heterocycles. The molecule has 3 N–H and O–H groups in total.